The van der Waals surface area contributed by atoms with Gasteiger partial charge in [0.1, 0.15) is 0 Å². The Bertz CT molecular complexity index is 553. The van der Waals surface area contributed by atoms with Gasteiger partial charge in [-0.2, -0.15) is 0 Å². The number of carbonyl (C=O) groups is 1. The molecule has 3 N–H and O–H groups in total. The van der Waals surface area contributed by atoms with Crippen molar-refractivity contribution < 1.29 is 9.53 Å². The molecule has 0 aliphatic carbocycles. The van der Waals surface area contributed by atoms with E-state index in [2.05, 4.69) is 10.3 Å². The molecule has 5 nitrogen and oxygen atoms in total. The number of hydrogen-bond acceptors (Lipinski definition) is 5. The molecule has 0 bridgehead atoms. The first-order chi connectivity index (χ1) is 8.69. The van der Waals surface area contributed by atoms with Crippen molar-refractivity contribution in [2.45, 2.75) is 6.42 Å². The van der Waals surface area contributed by atoms with Crippen LogP contribution in [0.15, 0.2) is 18.2 Å². The third-order valence-corrected chi connectivity index (χ3v) is 3.31. The second kappa shape index (κ2) is 5.79. The van der Waals surface area contributed by atoms with Crippen molar-refractivity contribution in [3.05, 3.63) is 23.8 Å². The van der Waals surface area contributed by atoms with E-state index >= 15 is 0 Å². The van der Waals surface area contributed by atoms with Gasteiger partial charge in [0.2, 0.25) is 5.91 Å². The molecule has 0 aliphatic heterocycles. The van der Waals surface area contributed by atoms with Crippen molar-refractivity contribution in [1.82, 2.24) is 10.3 Å². The van der Waals surface area contributed by atoms with Crippen molar-refractivity contribution in [2.75, 3.05) is 26.0 Å². The Morgan fingerprint density at radius 2 is 2.39 bits per heavy atom. The molecule has 2 rings (SSSR count). The topological polar surface area (TPSA) is 77.2 Å². The summed E-state index contributed by atoms with van der Waals surface area (Å²) in [6, 6.07) is 5.75. The number of nitrogens with two attached hydrogens (primary N) is 1. The highest BCUT2D eigenvalue weighted by atomic mass is 32.1. The number of amides is 1. The number of nitrogens with zero attached hydrogens (tertiary/aromatic N) is 1. The quantitative estimate of drug-likeness (QED) is 0.796. The number of fused-ring (bicyclic) bond motifs is 1. The number of nitrogens with one attached hydrogen (secondary N) is 1. The minimum atomic E-state index is -0.0103. The maximum atomic E-state index is 11.6. The molecular weight excluding hydrogens is 250 g/mol. The number of aromatic nitrogens is 1. The zero-order chi connectivity index (χ0) is 13.0. The molecule has 1 aromatic carbocycles. The van der Waals surface area contributed by atoms with Crippen LogP contribution in [0, 0.1) is 0 Å². The molecule has 0 aliphatic rings. The van der Waals surface area contributed by atoms with Crippen molar-refractivity contribution in [3.8, 4) is 0 Å². The number of benzene rings is 1. The second-order valence-corrected chi connectivity index (χ2v) is 4.94. The molecule has 6 heteroatoms. The van der Waals surface area contributed by atoms with E-state index in [1.807, 2.05) is 18.2 Å². The molecule has 0 saturated carbocycles. The Morgan fingerprint density at radius 3 is 3.17 bits per heavy atom. The van der Waals surface area contributed by atoms with E-state index in [-0.39, 0.29) is 5.91 Å². The predicted molar refractivity (Wildman–Crippen MR) is 72.6 cm³/mol. The van der Waals surface area contributed by atoms with Gasteiger partial charge in [0.25, 0.3) is 0 Å². The Labute approximate surface area is 109 Å². The molecule has 0 spiro atoms. The zero-order valence-electron chi connectivity index (χ0n) is 10.1. The first-order valence-electron chi connectivity index (χ1n) is 5.59. The van der Waals surface area contributed by atoms with Crippen LogP contribution in [0.3, 0.4) is 0 Å². The average Bonchev–Trinajstić information content (AvgIpc) is 2.69. The van der Waals surface area contributed by atoms with Gasteiger partial charge in [0.15, 0.2) is 5.13 Å². The van der Waals surface area contributed by atoms with Gasteiger partial charge in [0.05, 0.1) is 23.2 Å². The number of anilines is 1. The van der Waals surface area contributed by atoms with Gasteiger partial charge >= 0.3 is 0 Å². The predicted octanol–water partition coefficient (Wildman–Crippen LogP) is 1.18. The summed E-state index contributed by atoms with van der Waals surface area (Å²) in [5, 5.41) is 3.33. The second-order valence-electron chi connectivity index (χ2n) is 3.87. The van der Waals surface area contributed by atoms with E-state index in [1.54, 1.807) is 7.11 Å². The van der Waals surface area contributed by atoms with E-state index in [4.69, 9.17) is 10.5 Å². The van der Waals surface area contributed by atoms with Gasteiger partial charge in [-0.15, -0.1) is 0 Å². The lowest BCUT2D eigenvalue weighted by Gasteiger charge is -2.04. The number of hydrogen-bond donors (Lipinski definition) is 2. The summed E-state index contributed by atoms with van der Waals surface area (Å²) < 4.78 is 5.88. The first kappa shape index (κ1) is 12.8. The number of ether oxygens (including phenoxy) is 1. The van der Waals surface area contributed by atoms with Gasteiger partial charge in [-0.1, -0.05) is 17.4 Å². The van der Waals surface area contributed by atoms with Crippen LogP contribution in [0.2, 0.25) is 0 Å². The van der Waals surface area contributed by atoms with Crippen LogP contribution in [0.25, 0.3) is 10.2 Å². The monoisotopic (exact) mass is 265 g/mol. The normalized spacial score (nSPS) is 10.7. The van der Waals surface area contributed by atoms with Crippen LogP contribution in [0.5, 0.6) is 0 Å². The fraction of sp³-hybridized carbons (Fsp3) is 0.333. The molecule has 0 atom stereocenters. The summed E-state index contributed by atoms with van der Waals surface area (Å²) in [4.78, 5) is 15.8. The third kappa shape index (κ3) is 3.18. The SMILES string of the molecule is COCCNC(=O)Cc1ccc2nc(N)sc2c1. The van der Waals surface area contributed by atoms with E-state index < -0.39 is 0 Å². The van der Waals surface area contributed by atoms with Gasteiger partial charge in [0, 0.05) is 13.7 Å². The summed E-state index contributed by atoms with van der Waals surface area (Å²) in [6.45, 7) is 1.06. The van der Waals surface area contributed by atoms with Crippen LogP contribution in [-0.2, 0) is 16.0 Å². The molecule has 96 valence electrons. The van der Waals surface area contributed by atoms with Crippen molar-refractivity contribution in [1.29, 1.82) is 0 Å². The Balaban J connectivity index is 2.00. The van der Waals surface area contributed by atoms with Crippen LogP contribution in [0.4, 0.5) is 5.13 Å². The average molecular weight is 265 g/mol. The lowest BCUT2D eigenvalue weighted by molar-refractivity contribution is -0.120. The summed E-state index contributed by atoms with van der Waals surface area (Å²) in [6.07, 6.45) is 0.359. The van der Waals surface area contributed by atoms with E-state index in [0.717, 1.165) is 15.8 Å². The maximum Gasteiger partial charge on any atom is 0.224 e. The largest absolute Gasteiger partial charge is 0.383 e. The molecule has 0 unspecified atom stereocenters. The molecule has 0 saturated heterocycles. The zero-order valence-corrected chi connectivity index (χ0v) is 10.9. The summed E-state index contributed by atoms with van der Waals surface area (Å²) in [7, 11) is 1.61. The maximum absolute atomic E-state index is 11.6. The van der Waals surface area contributed by atoms with Crippen molar-refractivity contribution in [2.24, 2.45) is 0 Å². The number of carbonyl (C=O) groups excluding carboxylic acids is 1. The van der Waals surface area contributed by atoms with Crippen LogP contribution in [-0.4, -0.2) is 31.2 Å². The van der Waals surface area contributed by atoms with Gasteiger partial charge in [-0.25, -0.2) is 4.98 Å². The fourth-order valence-electron chi connectivity index (χ4n) is 1.64. The molecule has 1 heterocycles. The van der Waals surface area contributed by atoms with E-state index in [0.29, 0.717) is 24.7 Å². The molecule has 1 amide bonds. The minimum absolute atomic E-state index is 0.0103. The molecular formula is C12H15N3O2S. The van der Waals surface area contributed by atoms with Gasteiger partial charge < -0.3 is 15.8 Å². The van der Waals surface area contributed by atoms with E-state index in [1.165, 1.54) is 11.3 Å². The molecule has 2 aromatic rings. The molecule has 1 aromatic heterocycles. The standard InChI is InChI=1S/C12H15N3O2S/c1-17-5-4-14-11(16)7-8-2-3-9-10(6-8)18-12(13)15-9/h2-3,6H,4-5,7H2,1H3,(H2,13,15)(H,14,16). The fourth-order valence-corrected chi connectivity index (χ4v) is 2.44. The molecule has 0 fully saturated rings. The highest BCUT2D eigenvalue weighted by Gasteiger charge is 2.06. The molecule has 0 radical (unpaired) electrons. The smallest absolute Gasteiger partial charge is 0.224 e. The minimum Gasteiger partial charge on any atom is -0.383 e. The Hall–Kier alpha value is -1.66. The van der Waals surface area contributed by atoms with Crippen LogP contribution >= 0.6 is 11.3 Å². The van der Waals surface area contributed by atoms with Crippen LogP contribution in [0.1, 0.15) is 5.56 Å². The summed E-state index contributed by atoms with van der Waals surface area (Å²) in [5.74, 6) is -0.0103. The van der Waals surface area contributed by atoms with E-state index in [9.17, 15) is 4.79 Å². The number of methoxy groups -OCH3 is 1. The Morgan fingerprint density at radius 1 is 1.56 bits per heavy atom. The first-order valence-corrected chi connectivity index (χ1v) is 6.41. The van der Waals surface area contributed by atoms with Gasteiger partial charge in [-0.05, 0) is 17.7 Å². The third-order valence-electron chi connectivity index (χ3n) is 2.46. The lowest BCUT2D eigenvalue weighted by atomic mass is 10.1. The highest BCUT2D eigenvalue weighted by Crippen LogP contribution is 2.24. The lowest BCUT2D eigenvalue weighted by Crippen LogP contribution is -2.28. The summed E-state index contributed by atoms with van der Waals surface area (Å²) >= 11 is 1.43. The highest BCUT2D eigenvalue weighted by molar-refractivity contribution is 7.22. The van der Waals surface area contributed by atoms with Crippen molar-refractivity contribution >= 4 is 32.6 Å². The Kier molecular flexibility index (Phi) is 4.11. The number of nitrogen functional groups attached to an aromatic ring is 1. The number of thiazole rings is 1. The summed E-state index contributed by atoms with van der Waals surface area (Å²) in [5.41, 5.74) is 7.47. The van der Waals surface area contributed by atoms with Crippen molar-refractivity contribution in [3.63, 3.8) is 0 Å². The van der Waals surface area contributed by atoms with Crippen LogP contribution < -0.4 is 11.1 Å². The molecule has 18 heavy (non-hydrogen) atoms. The van der Waals surface area contributed by atoms with Gasteiger partial charge in [-0.3, -0.25) is 4.79 Å². The number of rotatable bonds is 5.